The third kappa shape index (κ3) is 2.48. The van der Waals surface area contributed by atoms with E-state index in [1.165, 1.54) is 0 Å². The number of ether oxygens (including phenoxy) is 1. The first-order valence-corrected chi connectivity index (χ1v) is 6.38. The van der Waals surface area contributed by atoms with E-state index in [4.69, 9.17) is 16.3 Å². The molecule has 0 saturated carbocycles. The maximum Gasteiger partial charge on any atom is 0.250 e. The van der Waals surface area contributed by atoms with Crippen LogP contribution >= 0.6 is 11.6 Å². The number of rotatable bonds is 1. The van der Waals surface area contributed by atoms with Crippen LogP contribution in [-0.2, 0) is 9.53 Å². The molecule has 1 unspecified atom stereocenters. The van der Waals surface area contributed by atoms with E-state index >= 15 is 0 Å². The van der Waals surface area contributed by atoms with Gasteiger partial charge in [-0.1, -0.05) is 41.9 Å². The normalized spacial score (nSPS) is 18.4. The quantitative estimate of drug-likeness (QED) is 0.865. The molecule has 1 aliphatic rings. The Labute approximate surface area is 116 Å². The van der Waals surface area contributed by atoms with Gasteiger partial charge in [0.1, 0.15) is 12.7 Å². The maximum atomic E-state index is 11.6. The Morgan fingerprint density at radius 1 is 1.11 bits per heavy atom. The van der Waals surface area contributed by atoms with Gasteiger partial charge in [0.2, 0.25) is 5.91 Å². The van der Waals surface area contributed by atoms with E-state index in [9.17, 15) is 4.79 Å². The Bertz CT molecular complexity index is 610. The Hall–Kier alpha value is -1.84. The van der Waals surface area contributed by atoms with Crippen molar-refractivity contribution in [1.29, 1.82) is 0 Å². The lowest BCUT2D eigenvalue weighted by Crippen LogP contribution is -2.15. The molecule has 19 heavy (non-hydrogen) atoms. The zero-order chi connectivity index (χ0) is 13.2. The molecule has 0 fully saturated rings. The molecule has 2 aromatic rings. The summed E-state index contributed by atoms with van der Waals surface area (Å²) in [5.74, 6) is -0.135. The minimum absolute atomic E-state index is 0.0436. The van der Waals surface area contributed by atoms with Crippen LogP contribution in [0.1, 0.15) is 17.2 Å². The lowest BCUT2D eigenvalue weighted by molar-refractivity contribution is -0.121. The van der Waals surface area contributed by atoms with E-state index in [1.54, 1.807) is 0 Å². The van der Waals surface area contributed by atoms with E-state index in [1.807, 2.05) is 48.5 Å². The van der Waals surface area contributed by atoms with Gasteiger partial charge >= 0.3 is 0 Å². The largest absolute Gasteiger partial charge is 0.359 e. The highest BCUT2D eigenvalue weighted by Crippen LogP contribution is 2.33. The molecule has 1 heterocycles. The molecule has 1 amide bonds. The van der Waals surface area contributed by atoms with Gasteiger partial charge in [-0.2, -0.15) is 0 Å². The van der Waals surface area contributed by atoms with E-state index < -0.39 is 0 Å². The van der Waals surface area contributed by atoms with Crippen molar-refractivity contribution in [3.8, 4) is 0 Å². The van der Waals surface area contributed by atoms with Crippen molar-refractivity contribution in [2.24, 2.45) is 0 Å². The molecule has 0 radical (unpaired) electrons. The highest BCUT2D eigenvalue weighted by Gasteiger charge is 2.23. The van der Waals surface area contributed by atoms with Crippen LogP contribution < -0.4 is 5.32 Å². The summed E-state index contributed by atoms with van der Waals surface area (Å²) in [6.07, 6.45) is -0.257. The fourth-order valence-corrected chi connectivity index (χ4v) is 2.31. The van der Waals surface area contributed by atoms with Crippen LogP contribution in [0.5, 0.6) is 0 Å². The summed E-state index contributed by atoms with van der Waals surface area (Å²) >= 11 is 5.90. The molecular formula is C15H12ClNO2. The van der Waals surface area contributed by atoms with Gasteiger partial charge in [0.15, 0.2) is 0 Å². The number of nitrogens with one attached hydrogen (secondary N) is 1. The lowest BCUT2D eigenvalue weighted by Gasteiger charge is -2.17. The smallest absolute Gasteiger partial charge is 0.250 e. The van der Waals surface area contributed by atoms with Crippen LogP contribution in [0.2, 0.25) is 5.02 Å². The second-order valence-corrected chi connectivity index (χ2v) is 4.81. The van der Waals surface area contributed by atoms with Gasteiger partial charge in [-0.05, 0) is 23.8 Å². The van der Waals surface area contributed by atoms with Crippen molar-refractivity contribution in [2.75, 3.05) is 11.9 Å². The van der Waals surface area contributed by atoms with Crippen molar-refractivity contribution >= 4 is 23.2 Å². The van der Waals surface area contributed by atoms with Gasteiger partial charge in [0.05, 0.1) is 0 Å². The molecule has 1 aliphatic heterocycles. The number of para-hydroxylation sites is 1. The number of hydrogen-bond donors (Lipinski definition) is 1. The summed E-state index contributed by atoms with van der Waals surface area (Å²) in [6.45, 7) is 0.0436. The molecule has 0 aromatic heterocycles. The van der Waals surface area contributed by atoms with Crippen molar-refractivity contribution < 1.29 is 9.53 Å². The number of carbonyl (C=O) groups is 1. The van der Waals surface area contributed by atoms with E-state index in [0.717, 1.165) is 16.8 Å². The molecule has 96 valence electrons. The van der Waals surface area contributed by atoms with Crippen LogP contribution in [0.15, 0.2) is 48.5 Å². The summed E-state index contributed by atoms with van der Waals surface area (Å²) in [7, 11) is 0. The molecule has 0 bridgehead atoms. The van der Waals surface area contributed by atoms with Crippen LogP contribution in [0.25, 0.3) is 0 Å². The van der Waals surface area contributed by atoms with Gasteiger partial charge in [0, 0.05) is 16.3 Å². The summed E-state index contributed by atoms with van der Waals surface area (Å²) in [5, 5.41) is 3.52. The standard InChI is InChI=1S/C15H12ClNO2/c16-11-7-5-10(6-8-11)15-12-3-1-2-4-13(12)17-14(18)9-19-15/h1-8,15H,9H2,(H,17,18). The van der Waals surface area contributed by atoms with Crippen LogP contribution in [0.3, 0.4) is 0 Å². The zero-order valence-electron chi connectivity index (χ0n) is 10.1. The molecule has 3 rings (SSSR count). The molecule has 4 heteroatoms. The number of fused-ring (bicyclic) bond motifs is 1. The van der Waals surface area contributed by atoms with Crippen LogP contribution in [0.4, 0.5) is 5.69 Å². The first kappa shape index (κ1) is 12.2. The van der Waals surface area contributed by atoms with Gasteiger partial charge in [-0.25, -0.2) is 0 Å². The molecular weight excluding hydrogens is 262 g/mol. The molecule has 0 spiro atoms. The van der Waals surface area contributed by atoms with E-state index in [0.29, 0.717) is 5.02 Å². The van der Waals surface area contributed by atoms with Crippen molar-refractivity contribution in [1.82, 2.24) is 0 Å². The predicted molar refractivity (Wildman–Crippen MR) is 74.3 cm³/mol. The van der Waals surface area contributed by atoms with E-state index in [-0.39, 0.29) is 18.6 Å². The Kier molecular flexibility index (Phi) is 3.23. The number of hydrogen-bond acceptors (Lipinski definition) is 2. The highest BCUT2D eigenvalue weighted by atomic mass is 35.5. The monoisotopic (exact) mass is 273 g/mol. The summed E-state index contributed by atoms with van der Waals surface area (Å²) < 4.78 is 5.71. The zero-order valence-corrected chi connectivity index (χ0v) is 10.9. The van der Waals surface area contributed by atoms with Gasteiger partial charge < -0.3 is 10.1 Å². The molecule has 1 atom stereocenters. The summed E-state index contributed by atoms with van der Waals surface area (Å²) in [5.41, 5.74) is 2.73. The third-order valence-corrected chi connectivity index (χ3v) is 3.32. The first-order valence-electron chi connectivity index (χ1n) is 6.00. The predicted octanol–water partition coefficient (Wildman–Crippen LogP) is 3.40. The third-order valence-electron chi connectivity index (χ3n) is 3.07. The fraction of sp³-hybridized carbons (Fsp3) is 0.133. The average Bonchev–Trinajstić information content (AvgIpc) is 2.58. The molecule has 1 N–H and O–H groups in total. The second kappa shape index (κ2) is 5.03. The number of amides is 1. The van der Waals surface area contributed by atoms with E-state index in [2.05, 4.69) is 5.32 Å². The van der Waals surface area contributed by atoms with Crippen molar-refractivity contribution in [2.45, 2.75) is 6.10 Å². The number of anilines is 1. The van der Waals surface area contributed by atoms with Crippen molar-refractivity contribution in [3.05, 3.63) is 64.7 Å². The second-order valence-electron chi connectivity index (χ2n) is 4.38. The minimum atomic E-state index is -0.257. The topological polar surface area (TPSA) is 38.3 Å². The number of carbonyl (C=O) groups excluding carboxylic acids is 1. The SMILES string of the molecule is O=C1COC(c2ccc(Cl)cc2)c2ccccc2N1. The number of benzene rings is 2. The molecule has 0 saturated heterocycles. The average molecular weight is 274 g/mol. The van der Waals surface area contributed by atoms with Crippen LogP contribution in [-0.4, -0.2) is 12.5 Å². The summed E-state index contributed by atoms with van der Waals surface area (Å²) in [4.78, 5) is 11.6. The Morgan fingerprint density at radius 2 is 1.84 bits per heavy atom. The fourth-order valence-electron chi connectivity index (χ4n) is 2.19. The van der Waals surface area contributed by atoms with Gasteiger partial charge in [0.25, 0.3) is 0 Å². The Balaban J connectivity index is 2.06. The first-order chi connectivity index (χ1) is 9.24. The lowest BCUT2D eigenvalue weighted by atomic mass is 10.00. The van der Waals surface area contributed by atoms with Gasteiger partial charge in [-0.15, -0.1) is 0 Å². The van der Waals surface area contributed by atoms with Crippen LogP contribution in [0, 0.1) is 0 Å². The summed E-state index contributed by atoms with van der Waals surface area (Å²) in [6, 6.07) is 15.1. The highest BCUT2D eigenvalue weighted by molar-refractivity contribution is 6.30. The van der Waals surface area contributed by atoms with Gasteiger partial charge in [-0.3, -0.25) is 4.79 Å². The minimum Gasteiger partial charge on any atom is -0.359 e. The Morgan fingerprint density at radius 3 is 2.63 bits per heavy atom. The van der Waals surface area contributed by atoms with Crippen molar-refractivity contribution in [3.63, 3.8) is 0 Å². The molecule has 3 nitrogen and oxygen atoms in total. The number of halogens is 1. The maximum absolute atomic E-state index is 11.6. The molecule has 0 aliphatic carbocycles. The molecule has 2 aromatic carbocycles.